The van der Waals surface area contributed by atoms with E-state index in [0.29, 0.717) is 0 Å². The summed E-state index contributed by atoms with van der Waals surface area (Å²) in [5.74, 6) is 0. The van der Waals surface area contributed by atoms with E-state index in [1.165, 1.54) is 27.2 Å². The van der Waals surface area contributed by atoms with E-state index >= 15 is 0 Å². The third-order valence-electron chi connectivity index (χ3n) is 3.28. The van der Waals surface area contributed by atoms with Crippen molar-refractivity contribution in [3.8, 4) is 11.1 Å². The molecule has 0 radical (unpaired) electrons. The standard InChI is InChI=1S/C17H15P/c1-18-17-12-11-14(13-7-3-2-4-8-13)15-9-5-6-10-16(15)17/h2-12,18H,1H3. The van der Waals surface area contributed by atoms with E-state index < -0.39 is 0 Å². The number of hydrogen-bond donors (Lipinski definition) is 0. The first-order valence-electron chi connectivity index (χ1n) is 6.15. The normalized spacial score (nSPS) is 11.4. The summed E-state index contributed by atoms with van der Waals surface area (Å²) in [4.78, 5) is 0. The largest absolute Gasteiger partial charge is 0.0929 e. The SMILES string of the molecule is CPc1ccc(-c2ccccc2)c2ccccc12. The van der Waals surface area contributed by atoms with Crippen molar-refractivity contribution in [1.29, 1.82) is 0 Å². The third-order valence-corrected chi connectivity index (χ3v) is 4.25. The summed E-state index contributed by atoms with van der Waals surface area (Å²) in [6.45, 7) is 2.24. The summed E-state index contributed by atoms with van der Waals surface area (Å²) in [7, 11) is 0.838. The lowest BCUT2D eigenvalue weighted by Gasteiger charge is -2.10. The van der Waals surface area contributed by atoms with Gasteiger partial charge in [-0.3, -0.25) is 0 Å². The van der Waals surface area contributed by atoms with E-state index in [4.69, 9.17) is 0 Å². The molecule has 0 spiro atoms. The molecular formula is C17H15P. The highest BCUT2D eigenvalue weighted by molar-refractivity contribution is 7.47. The molecular weight excluding hydrogens is 235 g/mol. The number of benzene rings is 3. The lowest BCUT2D eigenvalue weighted by molar-refractivity contribution is 1.66. The van der Waals surface area contributed by atoms with Gasteiger partial charge in [0.15, 0.2) is 0 Å². The molecule has 0 amide bonds. The van der Waals surface area contributed by atoms with Gasteiger partial charge in [-0.25, -0.2) is 0 Å². The Morgan fingerprint density at radius 2 is 1.33 bits per heavy atom. The predicted octanol–water partition coefficient (Wildman–Crippen LogP) is 4.44. The minimum Gasteiger partial charge on any atom is -0.0929 e. The Bertz CT molecular complexity index is 672. The molecule has 1 unspecified atom stereocenters. The fraction of sp³-hybridized carbons (Fsp3) is 0.0588. The summed E-state index contributed by atoms with van der Waals surface area (Å²) < 4.78 is 0. The lowest BCUT2D eigenvalue weighted by Crippen LogP contribution is -1.96. The Balaban J connectivity index is 2.32. The minimum atomic E-state index is 0.838. The quantitative estimate of drug-likeness (QED) is 0.590. The fourth-order valence-corrected chi connectivity index (χ4v) is 3.12. The van der Waals surface area contributed by atoms with Gasteiger partial charge >= 0.3 is 0 Å². The summed E-state index contributed by atoms with van der Waals surface area (Å²) in [6.07, 6.45) is 0. The molecule has 0 saturated heterocycles. The maximum absolute atomic E-state index is 2.27. The average molecular weight is 250 g/mol. The van der Waals surface area contributed by atoms with E-state index in [1.54, 1.807) is 0 Å². The molecule has 3 aromatic rings. The summed E-state index contributed by atoms with van der Waals surface area (Å²) in [6, 6.07) is 23.8. The van der Waals surface area contributed by atoms with Crippen LogP contribution in [0.1, 0.15) is 0 Å². The molecule has 0 heterocycles. The van der Waals surface area contributed by atoms with E-state index in [9.17, 15) is 0 Å². The van der Waals surface area contributed by atoms with E-state index in [0.717, 1.165) is 8.58 Å². The molecule has 0 bridgehead atoms. The van der Waals surface area contributed by atoms with Gasteiger partial charge in [0.05, 0.1) is 0 Å². The topological polar surface area (TPSA) is 0 Å². The van der Waals surface area contributed by atoms with Crippen LogP contribution in [0.5, 0.6) is 0 Å². The summed E-state index contributed by atoms with van der Waals surface area (Å²) in [5.41, 5.74) is 2.62. The van der Waals surface area contributed by atoms with Crippen LogP contribution in [0.25, 0.3) is 21.9 Å². The second-order valence-corrected chi connectivity index (χ2v) is 5.36. The molecule has 1 heteroatoms. The first kappa shape index (κ1) is 11.4. The van der Waals surface area contributed by atoms with Crippen LogP contribution in [0.15, 0.2) is 66.7 Å². The average Bonchev–Trinajstić information content (AvgIpc) is 2.47. The molecule has 0 aliphatic carbocycles. The van der Waals surface area contributed by atoms with Crippen LogP contribution in [0, 0.1) is 0 Å². The van der Waals surface area contributed by atoms with Crippen LogP contribution in [0.2, 0.25) is 0 Å². The van der Waals surface area contributed by atoms with E-state index in [1.807, 2.05) is 0 Å². The zero-order chi connectivity index (χ0) is 12.4. The smallest absolute Gasteiger partial charge is 0.00991 e. The molecule has 3 aromatic carbocycles. The highest BCUT2D eigenvalue weighted by Gasteiger charge is 2.05. The Morgan fingerprint density at radius 3 is 2.06 bits per heavy atom. The van der Waals surface area contributed by atoms with Gasteiger partial charge in [0.2, 0.25) is 0 Å². The second kappa shape index (κ2) is 4.92. The first-order chi connectivity index (χ1) is 8.90. The first-order valence-corrected chi connectivity index (χ1v) is 7.65. The maximum Gasteiger partial charge on any atom is -0.00991 e. The zero-order valence-electron chi connectivity index (χ0n) is 10.4. The minimum absolute atomic E-state index is 0.838. The van der Waals surface area contributed by atoms with Gasteiger partial charge in [0, 0.05) is 0 Å². The molecule has 0 fully saturated rings. The van der Waals surface area contributed by atoms with Crippen molar-refractivity contribution in [2.24, 2.45) is 0 Å². The lowest BCUT2D eigenvalue weighted by atomic mass is 9.98. The molecule has 3 rings (SSSR count). The van der Waals surface area contributed by atoms with Crippen molar-refractivity contribution in [1.82, 2.24) is 0 Å². The van der Waals surface area contributed by atoms with Crippen LogP contribution in [-0.2, 0) is 0 Å². The summed E-state index contributed by atoms with van der Waals surface area (Å²) >= 11 is 0. The van der Waals surface area contributed by atoms with Crippen LogP contribution in [-0.4, -0.2) is 6.66 Å². The number of hydrogen-bond acceptors (Lipinski definition) is 0. The molecule has 88 valence electrons. The number of rotatable bonds is 2. The number of fused-ring (bicyclic) bond motifs is 1. The molecule has 0 nitrogen and oxygen atoms in total. The maximum atomic E-state index is 2.27. The van der Waals surface area contributed by atoms with Crippen molar-refractivity contribution >= 4 is 24.7 Å². The Labute approximate surface area is 109 Å². The van der Waals surface area contributed by atoms with Gasteiger partial charge in [0.25, 0.3) is 0 Å². The molecule has 1 atom stereocenters. The van der Waals surface area contributed by atoms with Gasteiger partial charge in [0.1, 0.15) is 0 Å². The summed E-state index contributed by atoms with van der Waals surface area (Å²) in [5, 5.41) is 4.19. The van der Waals surface area contributed by atoms with Gasteiger partial charge in [-0.15, -0.1) is 0 Å². The van der Waals surface area contributed by atoms with Crippen LogP contribution in [0.3, 0.4) is 0 Å². The third kappa shape index (κ3) is 1.94. The van der Waals surface area contributed by atoms with Crippen LogP contribution >= 0.6 is 8.58 Å². The van der Waals surface area contributed by atoms with Crippen molar-refractivity contribution < 1.29 is 0 Å². The van der Waals surface area contributed by atoms with Crippen molar-refractivity contribution in [3.05, 3.63) is 66.7 Å². The molecule has 0 saturated carbocycles. The predicted molar refractivity (Wildman–Crippen MR) is 83.3 cm³/mol. The van der Waals surface area contributed by atoms with Gasteiger partial charge in [-0.05, 0) is 33.9 Å². The molecule has 18 heavy (non-hydrogen) atoms. The van der Waals surface area contributed by atoms with Crippen LogP contribution < -0.4 is 5.30 Å². The van der Waals surface area contributed by atoms with Crippen molar-refractivity contribution in [2.75, 3.05) is 6.66 Å². The Morgan fingerprint density at radius 1 is 0.667 bits per heavy atom. The van der Waals surface area contributed by atoms with E-state index in [2.05, 4.69) is 73.4 Å². The second-order valence-electron chi connectivity index (χ2n) is 4.32. The monoisotopic (exact) mass is 250 g/mol. The Kier molecular flexibility index (Phi) is 3.13. The molecule has 0 aliphatic heterocycles. The highest BCUT2D eigenvalue weighted by atomic mass is 31.1. The van der Waals surface area contributed by atoms with Crippen molar-refractivity contribution in [2.45, 2.75) is 0 Å². The van der Waals surface area contributed by atoms with Crippen molar-refractivity contribution in [3.63, 3.8) is 0 Å². The van der Waals surface area contributed by atoms with Gasteiger partial charge < -0.3 is 0 Å². The molecule has 0 N–H and O–H groups in total. The van der Waals surface area contributed by atoms with Gasteiger partial charge in [-0.2, -0.15) is 0 Å². The fourth-order valence-electron chi connectivity index (χ4n) is 2.39. The van der Waals surface area contributed by atoms with E-state index in [-0.39, 0.29) is 0 Å². The molecule has 0 aromatic heterocycles. The van der Waals surface area contributed by atoms with Crippen LogP contribution in [0.4, 0.5) is 0 Å². The highest BCUT2D eigenvalue weighted by Crippen LogP contribution is 2.29. The Hall–Kier alpha value is -1.65. The zero-order valence-corrected chi connectivity index (χ0v) is 11.4. The van der Waals surface area contributed by atoms with Gasteiger partial charge in [-0.1, -0.05) is 75.3 Å². The molecule has 0 aliphatic rings.